The molecule has 5 nitrogen and oxygen atoms in total. The van der Waals surface area contributed by atoms with Crippen molar-refractivity contribution in [1.82, 2.24) is 20.1 Å². The number of nitrogens with zero attached hydrogens (tertiary/aromatic N) is 3. The Morgan fingerprint density at radius 2 is 1.97 bits per heavy atom. The summed E-state index contributed by atoms with van der Waals surface area (Å²) in [7, 11) is 0. The standard InChI is InChI=1S/C21H19Cl2FN4OS/c1-2-11-28-20(17-8-5-15(22)12-18(17)23)26-27-21(28)30-13-19(29)25-10-9-14-3-6-16(24)7-4-14/h2-8,12H,1,9-11,13H2,(H,25,29). The Bertz CT molecular complexity index is 1040. The van der Waals surface area contributed by atoms with E-state index in [1.807, 2.05) is 4.57 Å². The highest BCUT2D eigenvalue weighted by Crippen LogP contribution is 2.31. The maximum atomic E-state index is 12.9. The van der Waals surface area contributed by atoms with Gasteiger partial charge in [-0.25, -0.2) is 4.39 Å². The summed E-state index contributed by atoms with van der Waals surface area (Å²) in [6.45, 7) is 4.71. The highest BCUT2D eigenvalue weighted by molar-refractivity contribution is 7.99. The topological polar surface area (TPSA) is 59.8 Å². The van der Waals surface area contributed by atoms with Gasteiger partial charge in [-0.15, -0.1) is 16.8 Å². The van der Waals surface area contributed by atoms with Gasteiger partial charge in [0, 0.05) is 23.7 Å². The smallest absolute Gasteiger partial charge is 0.230 e. The van der Waals surface area contributed by atoms with Crippen molar-refractivity contribution in [3.05, 3.63) is 76.5 Å². The van der Waals surface area contributed by atoms with Crippen LogP contribution in [0.5, 0.6) is 0 Å². The molecule has 1 aromatic heterocycles. The van der Waals surface area contributed by atoms with Gasteiger partial charge >= 0.3 is 0 Å². The van der Waals surface area contributed by atoms with Crippen molar-refractivity contribution in [3.63, 3.8) is 0 Å². The normalized spacial score (nSPS) is 10.8. The SMILES string of the molecule is C=CCn1c(SCC(=O)NCCc2ccc(F)cc2)nnc1-c1ccc(Cl)cc1Cl. The third-order valence-electron chi connectivity index (χ3n) is 4.18. The fraction of sp³-hybridized carbons (Fsp3) is 0.190. The average molecular weight is 465 g/mol. The van der Waals surface area contributed by atoms with Crippen molar-refractivity contribution in [2.24, 2.45) is 0 Å². The quantitative estimate of drug-likeness (QED) is 0.356. The molecule has 0 saturated carbocycles. The number of carbonyl (C=O) groups is 1. The molecule has 3 aromatic rings. The van der Waals surface area contributed by atoms with Crippen molar-refractivity contribution >= 4 is 40.9 Å². The Hall–Kier alpha value is -2.35. The first kappa shape index (κ1) is 22.3. The molecule has 0 bridgehead atoms. The lowest BCUT2D eigenvalue weighted by Crippen LogP contribution is -2.27. The van der Waals surface area contributed by atoms with Crippen molar-refractivity contribution < 1.29 is 9.18 Å². The van der Waals surface area contributed by atoms with E-state index in [-0.39, 0.29) is 17.5 Å². The van der Waals surface area contributed by atoms with Crippen LogP contribution in [0.3, 0.4) is 0 Å². The molecule has 0 spiro atoms. The second kappa shape index (κ2) is 10.6. The van der Waals surface area contributed by atoms with Crippen molar-refractivity contribution in [1.29, 1.82) is 0 Å². The van der Waals surface area contributed by atoms with E-state index in [0.717, 1.165) is 5.56 Å². The summed E-state index contributed by atoms with van der Waals surface area (Å²) >= 11 is 13.6. The second-order valence-corrected chi connectivity index (χ2v) is 8.13. The molecule has 1 amide bonds. The fourth-order valence-corrected chi connectivity index (χ4v) is 4.01. The molecule has 156 valence electrons. The number of amides is 1. The van der Waals surface area contributed by atoms with Crippen LogP contribution in [0.15, 0.2) is 60.3 Å². The molecule has 0 unspecified atom stereocenters. The summed E-state index contributed by atoms with van der Waals surface area (Å²) in [5.74, 6) is 0.367. The highest BCUT2D eigenvalue weighted by atomic mass is 35.5. The van der Waals surface area contributed by atoms with Gasteiger partial charge in [-0.2, -0.15) is 0 Å². The van der Waals surface area contributed by atoms with Crippen LogP contribution in [0, 0.1) is 5.82 Å². The molecule has 1 heterocycles. The predicted molar refractivity (Wildman–Crippen MR) is 120 cm³/mol. The van der Waals surface area contributed by atoms with E-state index < -0.39 is 0 Å². The maximum absolute atomic E-state index is 12.9. The number of nitrogens with one attached hydrogen (secondary N) is 1. The molecule has 0 fully saturated rings. The minimum absolute atomic E-state index is 0.124. The summed E-state index contributed by atoms with van der Waals surface area (Å²) < 4.78 is 14.8. The van der Waals surface area contributed by atoms with E-state index in [4.69, 9.17) is 23.2 Å². The minimum Gasteiger partial charge on any atom is -0.355 e. The van der Waals surface area contributed by atoms with E-state index in [2.05, 4.69) is 22.1 Å². The second-order valence-electron chi connectivity index (χ2n) is 6.34. The van der Waals surface area contributed by atoms with Gasteiger partial charge < -0.3 is 5.32 Å². The van der Waals surface area contributed by atoms with E-state index in [9.17, 15) is 9.18 Å². The molecule has 0 aliphatic rings. The van der Waals surface area contributed by atoms with Crippen LogP contribution in [0.1, 0.15) is 5.56 Å². The number of carbonyl (C=O) groups excluding carboxylic acids is 1. The summed E-state index contributed by atoms with van der Waals surface area (Å²) in [6, 6.07) is 11.4. The first-order chi connectivity index (χ1) is 14.5. The van der Waals surface area contributed by atoms with Crippen LogP contribution in [-0.2, 0) is 17.8 Å². The lowest BCUT2D eigenvalue weighted by Gasteiger charge is -2.09. The number of halogens is 3. The molecular weight excluding hydrogens is 446 g/mol. The van der Waals surface area contributed by atoms with Gasteiger partial charge in [0.05, 0.1) is 10.8 Å². The van der Waals surface area contributed by atoms with Crippen LogP contribution in [-0.4, -0.2) is 33.0 Å². The summed E-state index contributed by atoms with van der Waals surface area (Å²) in [5.41, 5.74) is 1.66. The molecule has 3 rings (SSSR count). The van der Waals surface area contributed by atoms with Gasteiger partial charge in [0.25, 0.3) is 0 Å². The third kappa shape index (κ3) is 5.84. The zero-order valence-electron chi connectivity index (χ0n) is 15.9. The van der Waals surface area contributed by atoms with Gasteiger partial charge in [-0.1, -0.05) is 53.2 Å². The molecule has 0 atom stereocenters. The van der Waals surface area contributed by atoms with Crippen LogP contribution >= 0.6 is 35.0 Å². The van der Waals surface area contributed by atoms with Crippen LogP contribution < -0.4 is 5.32 Å². The zero-order chi connectivity index (χ0) is 21.5. The predicted octanol–water partition coefficient (Wildman–Crippen LogP) is 5.03. The minimum atomic E-state index is -0.276. The van der Waals surface area contributed by atoms with Crippen molar-refractivity contribution in [2.45, 2.75) is 18.1 Å². The lowest BCUT2D eigenvalue weighted by atomic mass is 10.1. The van der Waals surface area contributed by atoms with E-state index in [1.165, 1.54) is 23.9 Å². The molecule has 0 radical (unpaired) electrons. The molecule has 9 heteroatoms. The van der Waals surface area contributed by atoms with E-state index >= 15 is 0 Å². The summed E-state index contributed by atoms with van der Waals surface area (Å²) in [6.07, 6.45) is 2.35. The molecule has 0 aliphatic carbocycles. The number of allylic oxidation sites excluding steroid dienone is 1. The number of rotatable bonds is 9. The molecule has 30 heavy (non-hydrogen) atoms. The van der Waals surface area contributed by atoms with Crippen LogP contribution in [0.2, 0.25) is 10.0 Å². The number of aromatic nitrogens is 3. The largest absolute Gasteiger partial charge is 0.355 e. The third-order valence-corrected chi connectivity index (χ3v) is 5.70. The van der Waals surface area contributed by atoms with E-state index in [1.54, 1.807) is 36.4 Å². The van der Waals surface area contributed by atoms with Gasteiger partial charge in [0.2, 0.25) is 5.91 Å². The zero-order valence-corrected chi connectivity index (χ0v) is 18.3. The monoisotopic (exact) mass is 464 g/mol. The maximum Gasteiger partial charge on any atom is 0.230 e. The molecular formula is C21H19Cl2FN4OS. The van der Waals surface area contributed by atoms with Gasteiger partial charge in [-0.3, -0.25) is 9.36 Å². The Morgan fingerprint density at radius 1 is 1.20 bits per heavy atom. The van der Waals surface area contributed by atoms with Gasteiger partial charge in [-0.05, 0) is 42.3 Å². The number of hydrogen-bond acceptors (Lipinski definition) is 4. The summed E-state index contributed by atoms with van der Waals surface area (Å²) in [5, 5.41) is 12.9. The lowest BCUT2D eigenvalue weighted by molar-refractivity contribution is -0.118. The number of benzene rings is 2. The van der Waals surface area contributed by atoms with Crippen molar-refractivity contribution in [3.8, 4) is 11.4 Å². The van der Waals surface area contributed by atoms with E-state index in [0.29, 0.717) is 46.1 Å². The Morgan fingerprint density at radius 3 is 2.67 bits per heavy atom. The van der Waals surface area contributed by atoms with Gasteiger partial charge in [0.15, 0.2) is 11.0 Å². The molecule has 0 saturated heterocycles. The molecule has 1 N–H and O–H groups in total. The van der Waals surface area contributed by atoms with Gasteiger partial charge in [0.1, 0.15) is 5.82 Å². The average Bonchev–Trinajstić information content (AvgIpc) is 3.11. The number of thioether (sulfide) groups is 1. The molecule has 0 aliphatic heterocycles. The van der Waals surface area contributed by atoms with Crippen molar-refractivity contribution in [2.75, 3.05) is 12.3 Å². The Kier molecular flexibility index (Phi) is 7.90. The first-order valence-electron chi connectivity index (χ1n) is 9.11. The molecule has 2 aromatic carbocycles. The Balaban J connectivity index is 1.60. The van der Waals surface area contributed by atoms with Crippen LogP contribution in [0.25, 0.3) is 11.4 Å². The fourth-order valence-electron chi connectivity index (χ4n) is 2.74. The first-order valence-corrected chi connectivity index (χ1v) is 10.9. The number of hydrogen-bond donors (Lipinski definition) is 1. The highest BCUT2D eigenvalue weighted by Gasteiger charge is 2.17. The Labute approximate surface area is 188 Å². The summed E-state index contributed by atoms with van der Waals surface area (Å²) in [4.78, 5) is 12.2. The van der Waals surface area contributed by atoms with Crippen LogP contribution in [0.4, 0.5) is 4.39 Å².